The molecule has 0 spiro atoms. The van der Waals surface area contributed by atoms with Gasteiger partial charge in [0.1, 0.15) is 11.4 Å². The van der Waals surface area contributed by atoms with Gasteiger partial charge in [0, 0.05) is 6.54 Å². The highest BCUT2D eigenvalue weighted by Gasteiger charge is 2.45. The number of carbonyl (C=O) groups is 2. The van der Waals surface area contributed by atoms with Gasteiger partial charge < -0.3 is 10.0 Å². The maximum absolute atomic E-state index is 11.3. The van der Waals surface area contributed by atoms with E-state index < -0.39 is 11.5 Å². The standard InChI is InChI=1S/C8H12ClNO3/c1-8(7(12)13)3-2-4-10(8)6(11)5-9/h2-5H2,1H3,(H,12,13)/t8-/m0/s1. The van der Waals surface area contributed by atoms with E-state index in [9.17, 15) is 9.59 Å². The average Bonchev–Trinajstić information content (AvgIpc) is 2.47. The lowest BCUT2D eigenvalue weighted by molar-refractivity contribution is -0.154. The summed E-state index contributed by atoms with van der Waals surface area (Å²) >= 11 is 5.38. The first-order valence-corrected chi connectivity index (χ1v) is 4.65. The Morgan fingerprint density at radius 2 is 2.23 bits per heavy atom. The number of aliphatic carboxylic acids is 1. The van der Waals surface area contributed by atoms with E-state index in [2.05, 4.69) is 0 Å². The van der Waals surface area contributed by atoms with Crippen LogP contribution in [0.2, 0.25) is 0 Å². The van der Waals surface area contributed by atoms with Gasteiger partial charge >= 0.3 is 5.97 Å². The lowest BCUT2D eigenvalue weighted by atomic mass is 9.99. The zero-order chi connectivity index (χ0) is 10.1. The largest absolute Gasteiger partial charge is 0.480 e. The summed E-state index contributed by atoms with van der Waals surface area (Å²) in [5, 5.41) is 8.95. The highest BCUT2D eigenvalue weighted by molar-refractivity contribution is 6.27. The summed E-state index contributed by atoms with van der Waals surface area (Å²) in [6, 6.07) is 0. The lowest BCUT2D eigenvalue weighted by Crippen LogP contribution is -2.51. The van der Waals surface area contributed by atoms with Crippen LogP contribution in [0, 0.1) is 0 Å². The molecule has 0 aromatic carbocycles. The molecule has 1 N–H and O–H groups in total. The van der Waals surface area contributed by atoms with Gasteiger partial charge in [-0.25, -0.2) is 4.79 Å². The highest BCUT2D eigenvalue weighted by atomic mass is 35.5. The summed E-state index contributed by atoms with van der Waals surface area (Å²) in [6.45, 7) is 2.06. The predicted molar refractivity (Wildman–Crippen MR) is 47.7 cm³/mol. The van der Waals surface area contributed by atoms with Gasteiger partial charge in [-0.3, -0.25) is 4.79 Å². The molecule has 1 heterocycles. The summed E-state index contributed by atoms with van der Waals surface area (Å²) in [5.41, 5.74) is -1.05. The Morgan fingerprint density at radius 1 is 1.62 bits per heavy atom. The van der Waals surface area contributed by atoms with Crippen LogP contribution in [-0.2, 0) is 9.59 Å². The number of nitrogens with zero attached hydrogens (tertiary/aromatic N) is 1. The number of hydrogen-bond acceptors (Lipinski definition) is 2. The van der Waals surface area contributed by atoms with Crippen molar-refractivity contribution in [2.24, 2.45) is 0 Å². The molecule has 4 nitrogen and oxygen atoms in total. The molecule has 5 heteroatoms. The zero-order valence-electron chi connectivity index (χ0n) is 7.42. The second-order valence-electron chi connectivity index (χ2n) is 3.36. The first-order valence-electron chi connectivity index (χ1n) is 4.12. The molecule has 1 amide bonds. The number of carboxylic acid groups (broad SMARTS) is 1. The Labute approximate surface area is 81.5 Å². The van der Waals surface area contributed by atoms with Gasteiger partial charge in [0.2, 0.25) is 5.91 Å². The number of amides is 1. The summed E-state index contributed by atoms with van der Waals surface area (Å²) in [5.74, 6) is -1.41. The zero-order valence-corrected chi connectivity index (χ0v) is 8.17. The molecule has 0 aliphatic carbocycles. The van der Waals surface area contributed by atoms with Crippen molar-refractivity contribution in [3.63, 3.8) is 0 Å². The van der Waals surface area contributed by atoms with Crippen molar-refractivity contribution in [3.8, 4) is 0 Å². The van der Waals surface area contributed by atoms with Crippen LogP contribution >= 0.6 is 11.6 Å². The van der Waals surface area contributed by atoms with Crippen molar-refractivity contribution in [3.05, 3.63) is 0 Å². The van der Waals surface area contributed by atoms with Crippen molar-refractivity contribution >= 4 is 23.5 Å². The SMILES string of the molecule is C[C@@]1(C(=O)O)CCCN1C(=O)CCl. The number of halogens is 1. The Bertz CT molecular complexity index is 244. The number of carboxylic acids is 1. The fourth-order valence-electron chi connectivity index (χ4n) is 1.66. The van der Waals surface area contributed by atoms with Crippen LogP contribution in [0.5, 0.6) is 0 Å². The van der Waals surface area contributed by atoms with Crippen LogP contribution in [-0.4, -0.2) is 39.8 Å². The van der Waals surface area contributed by atoms with Gasteiger partial charge in [-0.05, 0) is 19.8 Å². The van der Waals surface area contributed by atoms with E-state index in [4.69, 9.17) is 16.7 Å². The van der Waals surface area contributed by atoms with E-state index in [0.717, 1.165) is 6.42 Å². The molecular formula is C8H12ClNO3. The minimum absolute atomic E-state index is 0.150. The minimum atomic E-state index is -1.05. The van der Waals surface area contributed by atoms with E-state index >= 15 is 0 Å². The van der Waals surface area contributed by atoms with Crippen LogP contribution < -0.4 is 0 Å². The monoisotopic (exact) mass is 205 g/mol. The normalized spacial score (nSPS) is 27.7. The third-order valence-electron chi connectivity index (χ3n) is 2.52. The van der Waals surface area contributed by atoms with Crippen molar-refractivity contribution in [1.82, 2.24) is 4.90 Å². The molecule has 1 aliphatic rings. The average molecular weight is 206 g/mol. The van der Waals surface area contributed by atoms with Crippen LogP contribution in [0.15, 0.2) is 0 Å². The Morgan fingerprint density at radius 3 is 2.69 bits per heavy atom. The molecular weight excluding hydrogens is 194 g/mol. The quantitative estimate of drug-likeness (QED) is 0.675. The van der Waals surface area contributed by atoms with Crippen molar-refractivity contribution in [1.29, 1.82) is 0 Å². The first-order chi connectivity index (χ1) is 6.02. The molecule has 1 saturated heterocycles. The molecule has 0 aromatic rings. The summed E-state index contributed by atoms with van der Waals surface area (Å²) in [6.07, 6.45) is 1.23. The van der Waals surface area contributed by atoms with E-state index in [0.29, 0.717) is 13.0 Å². The molecule has 1 rings (SSSR count). The summed E-state index contributed by atoms with van der Waals surface area (Å²) in [4.78, 5) is 23.5. The topological polar surface area (TPSA) is 57.6 Å². The Kier molecular flexibility index (Phi) is 2.81. The number of carbonyl (C=O) groups excluding carboxylic acids is 1. The smallest absolute Gasteiger partial charge is 0.329 e. The molecule has 0 saturated carbocycles. The van der Waals surface area contributed by atoms with Gasteiger partial charge in [0.15, 0.2) is 0 Å². The molecule has 1 atom stereocenters. The van der Waals surface area contributed by atoms with E-state index in [1.54, 1.807) is 6.92 Å². The maximum atomic E-state index is 11.3. The molecule has 74 valence electrons. The summed E-state index contributed by atoms with van der Waals surface area (Å²) in [7, 11) is 0. The first kappa shape index (κ1) is 10.3. The van der Waals surface area contributed by atoms with Crippen LogP contribution in [0.4, 0.5) is 0 Å². The van der Waals surface area contributed by atoms with Crippen LogP contribution in [0.3, 0.4) is 0 Å². The van der Waals surface area contributed by atoms with Gasteiger partial charge in [0.05, 0.1) is 0 Å². The second kappa shape index (κ2) is 3.54. The molecule has 0 bridgehead atoms. The fourth-order valence-corrected chi connectivity index (χ4v) is 1.80. The third kappa shape index (κ3) is 1.63. The van der Waals surface area contributed by atoms with E-state index in [1.807, 2.05) is 0 Å². The number of alkyl halides is 1. The van der Waals surface area contributed by atoms with E-state index in [1.165, 1.54) is 4.90 Å². The summed E-state index contributed by atoms with van der Waals surface area (Å²) < 4.78 is 0. The van der Waals surface area contributed by atoms with Gasteiger partial charge in [0.25, 0.3) is 0 Å². The molecule has 1 aliphatic heterocycles. The molecule has 0 unspecified atom stereocenters. The Hall–Kier alpha value is -0.770. The van der Waals surface area contributed by atoms with Crippen molar-refractivity contribution in [2.45, 2.75) is 25.3 Å². The third-order valence-corrected chi connectivity index (χ3v) is 2.75. The molecule has 13 heavy (non-hydrogen) atoms. The van der Waals surface area contributed by atoms with Crippen LogP contribution in [0.1, 0.15) is 19.8 Å². The Balaban J connectivity index is 2.85. The molecule has 0 aromatic heterocycles. The second-order valence-corrected chi connectivity index (χ2v) is 3.63. The molecule has 1 fully saturated rings. The maximum Gasteiger partial charge on any atom is 0.329 e. The fraction of sp³-hybridized carbons (Fsp3) is 0.750. The van der Waals surface area contributed by atoms with Crippen molar-refractivity contribution < 1.29 is 14.7 Å². The number of rotatable bonds is 2. The van der Waals surface area contributed by atoms with Gasteiger partial charge in [-0.1, -0.05) is 0 Å². The van der Waals surface area contributed by atoms with E-state index in [-0.39, 0.29) is 11.8 Å². The molecule has 0 radical (unpaired) electrons. The number of likely N-dealkylation sites (tertiary alicyclic amines) is 1. The minimum Gasteiger partial charge on any atom is -0.480 e. The van der Waals surface area contributed by atoms with Crippen LogP contribution in [0.25, 0.3) is 0 Å². The number of hydrogen-bond donors (Lipinski definition) is 1. The lowest BCUT2D eigenvalue weighted by Gasteiger charge is -2.30. The predicted octanol–water partition coefficient (Wildman–Crippen LogP) is 0.691. The van der Waals surface area contributed by atoms with Gasteiger partial charge in [-0.15, -0.1) is 11.6 Å². The van der Waals surface area contributed by atoms with Gasteiger partial charge in [-0.2, -0.15) is 0 Å². The van der Waals surface area contributed by atoms with Crippen molar-refractivity contribution in [2.75, 3.05) is 12.4 Å². The highest BCUT2D eigenvalue weighted by Crippen LogP contribution is 2.29.